The third-order valence-corrected chi connectivity index (χ3v) is 14.8. The van der Waals surface area contributed by atoms with Gasteiger partial charge in [-0.3, -0.25) is 4.79 Å². The van der Waals surface area contributed by atoms with Gasteiger partial charge in [0.15, 0.2) is 6.29 Å². The topological polar surface area (TPSA) is 137 Å². The van der Waals surface area contributed by atoms with Crippen molar-refractivity contribution in [1.29, 1.82) is 0 Å². The molecule has 13 atom stereocenters. The first kappa shape index (κ1) is 31.9. The molecule has 0 aromatic heterocycles. The van der Waals surface area contributed by atoms with Crippen LogP contribution in [0.4, 0.5) is 0 Å². The van der Waals surface area contributed by atoms with Crippen LogP contribution >= 0.6 is 0 Å². The zero-order valence-electron chi connectivity index (χ0n) is 27.3. The fraction of sp³-hybridized carbons (Fsp3) is 0.914. The highest BCUT2D eigenvalue weighted by atomic mass is 16.7. The van der Waals surface area contributed by atoms with Crippen LogP contribution in [-0.2, 0) is 14.3 Å². The number of carboxylic acid groups (broad SMARTS) is 1. The highest BCUT2D eigenvalue weighted by molar-refractivity contribution is 5.77. The summed E-state index contributed by atoms with van der Waals surface area (Å²) >= 11 is 0. The summed E-state index contributed by atoms with van der Waals surface area (Å²) in [5, 5.41) is 53.2. The molecule has 1 saturated heterocycles. The second-order valence-corrected chi connectivity index (χ2v) is 17.5. The van der Waals surface area contributed by atoms with Crippen molar-refractivity contribution in [3.8, 4) is 0 Å². The Labute approximate surface area is 257 Å². The highest BCUT2D eigenvalue weighted by Crippen LogP contribution is 2.76. The van der Waals surface area contributed by atoms with Crippen LogP contribution in [0.3, 0.4) is 0 Å². The SMILES string of the molecule is CC1(C)CC[C@]2(C(=O)O)C(O)C[C@]3(C)C(=CC[C@@H]4[C@@]5(C)CCC(O[C@@H]6OC[C@H](O)[C@H](O)[C@H]6O)C(C)(C)[C@@H]5CC[C@]43C)[C@@H]2C1. The summed E-state index contributed by atoms with van der Waals surface area (Å²) in [7, 11) is 0. The molecule has 6 rings (SSSR count). The van der Waals surface area contributed by atoms with Crippen LogP contribution in [0.2, 0.25) is 0 Å². The number of aliphatic hydroxyl groups is 4. The molecule has 0 bridgehead atoms. The number of rotatable bonds is 3. The molecule has 0 aromatic rings. The van der Waals surface area contributed by atoms with E-state index in [2.05, 4.69) is 54.5 Å². The van der Waals surface area contributed by atoms with Crippen LogP contribution in [0.1, 0.15) is 106 Å². The van der Waals surface area contributed by atoms with Gasteiger partial charge < -0.3 is 35.0 Å². The molecule has 8 nitrogen and oxygen atoms in total. The molecule has 4 saturated carbocycles. The number of fused-ring (bicyclic) bond motifs is 7. The molecular weight excluding hydrogens is 548 g/mol. The maximum Gasteiger partial charge on any atom is 0.312 e. The Bertz CT molecular complexity index is 1160. The third-order valence-electron chi connectivity index (χ3n) is 14.8. The Morgan fingerprint density at radius 2 is 1.58 bits per heavy atom. The van der Waals surface area contributed by atoms with Crippen molar-refractivity contribution >= 4 is 5.97 Å². The maximum absolute atomic E-state index is 13.0. The van der Waals surface area contributed by atoms with Crippen molar-refractivity contribution < 1.29 is 39.8 Å². The minimum absolute atomic E-state index is 0.0151. The van der Waals surface area contributed by atoms with Crippen LogP contribution in [0.15, 0.2) is 11.6 Å². The maximum atomic E-state index is 13.0. The summed E-state index contributed by atoms with van der Waals surface area (Å²) < 4.78 is 12.1. The lowest BCUT2D eigenvalue weighted by Gasteiger charge is -2.71. The molecule has 0 amide bonds. The van der Waals surface area contributed by atoms with E-state index in [4.69, 9.17) is 9.47 Å². The summed E-state index contributed by atoms with van der Waals surface area (Å²) in [6.45, 7) is 16.2. The predicted octanol–water partition coefficient (Wildman–Crippen LogP) is 4.67. The smallest absolute Gasteiger partial charge is 0.312 e. The first-order valence-electron chi connectivity index (χ1n) is 16.8. The molecule has 5 fully saturated rings. The van der Waals surface area contributed by atoms with Crippen molar-refractivity contribution in [1.82, 2.24) is 0 Å². The van der Waals surface area contributed by atoms with E-state index >= 15 is 0 Å². The van der Waals surface area contributed by atoms with E-state index in [1.165, 1.54) is 5.57 Å². The van der Waals surface area contributed by atoms with Crippen LogP contribution in [0, 0.1) is 50.2 Å². The van der Waals surface area contributed by atoms with Crippen molar-refractivity contribution in [3.63, 3.8) is 0 Å². The first-order valence-corrected chi connectivity index (χ1v) is 16.8. The standard InChI is InChI=1S/C35H56O8/c1-30(2)14-15-35(29(40)41)20(16-30)19-8-9-23-32(5)12-11-25(43-28-27(39)26(38)21(36)18-42-28)31(3,4)22(32)10-13-33(23,6)34(19,7)17-24(35)37/h8,20-28,36-39H,9-18H2,1-7H3,(H,40,41)/t20-,21-,22-,23+,24?,25?,26-,27+,28-,32-,33+,34+,35+/m0/s1. The normalized spacial score (nSPS) is 53.8. The molecule has 6 aliphatic rings. The molecule has 5 N–H and O–H groups in total. The largest absolute Gasteiger partial charge is 0.481 e. The lowest BCUT2D eigenvalue weighted by molar-refractivity contribution is -0.308. The van der Waals surface area contributed by atoms with E-state index < -0.39 is 42.1 Å². The summed E-state index contributed by atoms with van der Waals surface area (Å²) in [4.78, 5) is 13.0. The second-order valence-electron chi connectivity index (χ2n) is 17.5. The zero-order chi connectivity index (χ0) is 31.5. The van der Waals surface area contributed by atoms with Gasteiger partial charge in [-0.2, -0.15) is 0 Å². The van der Waals surface area contributed by atoms with Gasteiger partial charge in [-0.15, -0.1) is 0 Å². The van der Waals surface area contributed by atoms with Crippen molar-refractivity contribution in [3.05, 3.63) is 11.6 Å². The number of aliphatic carboxylic acids is 1. The van der Waals surface area contributed by atoms with E-state index in [0.717, 1.165) is 44.9 Å². The second kappa shape index (κ2) is 9.98. The number of hydrogen-bond donors (Lipinski definition) is 5. The monoisotopic (exact) mass is 604 g/mol. The number of ether oxygens (including phenoxy) is 2. The number of aliphatic hydroxyl groups excluding tert-OH is 4. The predicted molar refractivity (Wildman–Crippen MR) is 161 cm³/mol. The molecular formula is C35H56O8. The summed E-state index contributed by atoms with van der Waals surface area (Å²) in [5.41, 5.74) is -0.331. The number of allylic oxidation sites excluding steroid dienone is 2. The van der Waals surface area contributed by atoms with Crippen LogP contribution in [0.25, 0.3) is 0 Å². The van der Waals surface area contributed by atoms with Gasteiger partial charge in [0.1, 0.15) is 23.7 Å². The number of carboxylic acids is 1. The summed E-state index contributed by atoms with van der Waals surface area (Å²) in [5.74, 6) is -0.253. The van der Waals surface area contributed by atoms with Crippen LogP contribution < -0.4 is 0 Å². The first-order chi connectivity index (χ1) is 19.8. The van der Waals surface area contributed by atoms with E-state index in [1.807, 2.05) is 0 Å². The van der Waals surface area contributed by atoms with Crippen LogP contribution in [0.5, 0.6) is 0 Å². The Balaban J connectivity index is 1.32. The zero-order valence-corrected chi connectivity index (χ0v) is 27.3. The van der Waals surface area contributed by atoms with Gasteiger partial charge in [-0.05, 0) is 103 Å². The molecule has 1 heterocycles. The van der Waals surface area contributed by atoms with Crippen LogP contribution in [-0.4, -0.2) is 74.9 Å². The average molecular weight is 605 g/mol. The molecule has 1 aliphatic heterocycles. The Morgan fingerprint density at radius 3 is 2.26 bits per heavy atom. The van der Waals surface area contributed by atoms with Gasteiger partial charge in [0.25, 0.3) is 0 Å². The van der Waals surface area contributed by atoms with Gasteiger partial charge in [0.05, 0.1) is 18.8 Å². The molecule has 0 aromatic carbocycles. The molecule has 244 valence electrons. The van der Waals surface area contributed by atoms with Gasteiger partial charge >= 0.3 is 5.97 Å². The van der Waals surface area contributed by atoms with Gasteiger partial charge in [-0.1, -0.05) is 60.1 Å². The molecule has 8 heteroatoms. The average Bonchev–Trinajstić information content (AvgIpc) is 2.90. The minimum atomic E-state index is -1.30. The summed E-state index contributed by atoms with van der Waals surface area (Å²) in [6.07, 6.45) is 4.00. The molecule has 5 aliphatic carbocycles. The Hall–Kier alpha value is -1.03. The lowest BCUT2D eigenvalue weighted by Crippen LogP contribution is -2.67. The molecule has 2 unspecified atom stereocenters. The fourth-order valence-corrected chi connectivity index (χ4v) is 12.0. The van der Waals surface area contributed by atoms with Crippen molar-refractivity contribution in [2.24, 2.45) is 50.2 Å². The van der Waals surface area contributed by atoms with Gasteiger partial charge in [0, 0.05) is 0 Å². The van der Waals surface area contributed by atoms with Crippen molar-refractivity contribution in [2.75, 3.05) is 6.61 Å². The van der Waals surface area contributed by atoms with E-state index in [-0.39, 0.29) is 45.7 Å². The number of carbonyl (C=O) groups is 1. The van der Waals surface area contributed by atoms with E-state index in [0.29, 0.717) is 24.7 Å². The minimum Gasteiger partial charge on any atom is -0.481 e. The van der Waals surface area contributed by atoms with Gasteiger partial charge in [0.2, 0.25) is 0 Å². The summed E-state index contributed by atoms with van der Waals surface area (Å²) in [6, 6.07) is 0. The van der Waals surface area contributed by atoms with Gasteiger partial charge in [-0.25, -0.2) is 0 Å². The Kier molecular flexibility index (Phi) is 7.41. The molecule has 0 radical (unpaired) electrons. The Morgan fingerprint density at radius 1 is 0.884 bits per heavy atom. The molecule has 43 heavy (non-hydrogen) atoms. The fourth-order valence-electron chi connectivity index (χ4n) is 12.0. The lowest BCUT2D eigenvalue weighted by atomic mass is 9.33. The number of hydrogen-bond acceptors (Lipinski definition) is 7. The molecule has 0 spiro atoms. The van der Waals surface area contributed by atoms with E-state index in [9.17, 15) is 30.3 Å². The van der Waals surface area contributed by atoms with E-state index in [1.54, 1.807) is 0 Å². The third kappa shape index (κ3) is 4.25. The quantitative estimate of drug-likeness (QED) is 0.232. The van der Waals surface area contributed by atoms with Crippen molar-refractivity contribution in [2.45, 2.75) is 143 Å². The highest BCUT2D eigenvalue weighted by Gasteiger charge is 2.71.